The maximum atomic E-state index is 11.7. The van der Waals surface area contributed by atoms with E-state index >= 15 is 0 Å². The third-order valence-electron chi connectivity index (χ3n) is 2.48. The van der Waals surface area contributed by atoms with Crippen LogP contribution in [0.15, 0.2) is 12.1 Å². The molecular formula is C12H15Cl2N3O2. The molecule has 0 bridgehead atoms. The van der Waals surface area contributed by atoms with Gasteiger partial charge in [0.25, 0.3) is 0 Å². The Bertz CT molecular complexity index is 506. The molecule has 5 nitrogen and oxygen atoms in total. The molecule has 1 unspecified atom stereocenters. The minimum Gasteiger partial charge on any atom is -0.373 e. The zero-order valence-corrected chi connectivity index (χ0v) is 12.3. The van der Waals surface area contributed by atoms with Crippen molar-refractivity contribution in [1.82, 2.24) is 10.6 Å². The van der Waals surface area contributed by atoms with Crippen molar-refractivity contribution in [2.24, 2.45) is 0 Å². The lowest BCUT2D eigenvalue weighted by atomic mass is 10.2. The van der Waals surface area contributed by atoms with Crippen molar-refractivity contribution in [3.63, 3.8) is 0 Å². The number of halogens is 2. The Morgan fingerprint density at radius 3 is 2.42 bits per heavy atom. The summed E-state index contributed by atoms with van der Waals surface area (Å²) < 4.78 is 0. The van der Waals surface area contributed by atoms with Crippen molar-refractivity contribution in [3.8, 4) is 0 Å². The lowest BCUT2D eigenvalue weighted by Gasteiger charge is -2.16. The summed E-state index contributed by atoms with van der Waals surface area (Å²) in [6.07, 6.45) is 0. The van der Waals surface area contributed by atoms with Gasteiger partial charge in [0.05, 0.1) is 10.7 Å². The zero-order chi connectivity index (χ0) is 14.6. The summed E-state index contributed by atoms with van der Waals surface area (Å²) in [7, 11) is 1.43. The Balaban J connectivity index is 2.77. The van der Waals surface area contributed by atoms with Crippen molar-refractivity contribution in [2.45, 2.75) is 19.9 Å². The number of amides is 3. The summed E-state index contributed by atoms with van der Waals surface area (Å²) >= 11 is 12.0. The van der Waals surface area contributed by atoms with Crippen LogP contribution in [0.5, 0.6) is 0 Å². The first-order valence-corrected chi connectivity index (χ1v) is 6.35. The van der Waals surface area contributed by atoms with Crippen molar-refractivity contribution in [2.75, 3.05) is 12.4 Å². The van der Waals surface area contributed by atoms with Gasteiger partial charge in [0.15, 0.2) is 0 Å². The highest BCUT2D eigenvalue weighted by Gasteiger charge is 2.16. The number of imide groups is 1. The minimum atomic E-state index is -0.631. The predicted octanol–water partition coefficient (Wildman–Crippen LogP) is 2.56. The van der Waals surface area contributed by atoms with Crippen LogP contribution in [0.1, 0.15) is 12.5 Å². The number of benzene rings is 1. The molecule has 19 heavy (non-hydrogen) atoms. The highest BCUT2D eigenvalue weighted by atomic mass is 35.5. The second-order valence-electron chi connectivity index (χ2n) is 4.02. The lowest BCUT2D eigenvalue weighted by molar-refractivity contribution is -0.120. The first kappa shape index (κ1) is 15.6. The van der Waals surface area contributed by atoms with Crippen LogP contribution in [-0.2, 0) is 4.79 Å². The van der Waals surface area contributed by atoms with Gasteiger partial charge >= 0.3 is 6.03 Å². The van der Waals surface area contributed by atoms with E-state index in [2.05, 4.69) is 16.0 Å². The molecule has 7 heteroatoms. The summed E-state index contributed by atoms with van der Waals surface area (Å²) in [4.78, 5) is 22.7. The fourth-order valence-electron chi connectivity index (χ4n) is 1.34. The predicted molar refractivity (Wildman–Crippen MR) is 76.9 cm³/mol. The van der Waals surface area contributed by atoms with E-state index in [9.17, 15) is 9.59 Å². The largest absolute Gasteiger partial charge is 0.373 e. The molecule has 104 valence electrons. The van der Waals surface area contributed by atoms with Gasteiger partial charge < -0.3 is 10.6 Å². The molecule has 3 amide bonds. The quantitative estimate of drug-likeness (QED) is 0.804. The first-order chi connectivity index (χ1) is 8.85. The average Bonchev–Trinajstić information content (AvgIpc) is 2.35. The topological polar surface area (TPSA) is 70.2 Å². The van der Waals surface area contributed by atoms with E-state index in [1.54, 1.807) is 19.1 Å². The molecule has 0 aliphatic carbocycles. The molecule has 0 radical (unpaired) electrons. The lowest BCUT2D eigenvalue weighted by Crippen LogP contribution is -2.44. The standard InChI is InChI=1S/C12H15Cl2N3O2/c1-6-4-9(14)10(5-8(6)13)16-7(2)11(18)17-12(19)15-3/h4-5,7,16H,1-3H3,(H2,15,17,18,19). The summed E-state index contributed by atoms with van der Waals surface area (Å²) in [6.45, 7) is 3.45. The van der Waals surface area contributed by atoms with E-state index in [0.29, 0.717) is 15.7 Å². The highest BCUT2D eigenvalue weighted by Crippen LogP contribution is 2.29. The van der Waals surface area contributed by atoms with Gasteiger partial charge in [-0.15, -0.1) is 0 Å². The third kappa shape index (κ3) is 4.29. The third-order valence-corrected chi connectivity index (χ3v) is 3.20. The van der Waals surface area contributed by atoms with Gasteiger partial charge in [-0.25, -0.2) is 4.79 Å². The molecule has 3 N–H and O–H groups in total. The van der Waals surface area contributed by atoms with E-state index in [0.717, 1.165) is 5.56 Å². The molecule has 0 aliphatic rings. The maximum absolute atomic E-state index is 11.7. The van der Waals surface area contributed by atoms with E-state index in [-0.39, 0.29) is 0 Å². The fourth-order valence-corrected chi connectivity index (χ4v) is 1.77. The van der Waals surface area contributed by atoms with Gasteiger partial charge in [-0.05, 0) is 31.5 Å². The van der Waals surface area contributed by atoms with Crippen LogP contribution < -0.4 is 16.0 Å². The fraction of sp³-hybridized carbons (Fsp3) is 0.333. The number of carbonyl (C=O) groups is 2. The van der Waals surface area contributed by atoms with E-state index < -0.39 is 18.0 Å². The van der Waals surface area contributed by atoms with Crippen LogP contribution in [0.2, 0.25) is 10.0 Å². The molecule has 1 atom stereocenters. The molecule has 0 heterocycles. The molecule has 0 spiro atoms. The summed E-state index contributed by atoms with van der Waals surface area (Å²) in [6, 6.07) is 2.15. The number of anilines is 1. The second kappa shape index (κ2) is 6.63. The number of aryl methyl sites for hydroxylation is 1. The molecular weight excluding hydrogens is 289 g/mol. The Morgan fingerprint density at radius 1 is 1.21 bits per heavy atom. The van der Waals surface area contributed by atoms with Crippen LogP contribution in [0, 0.1) is 6.92 Å². The number of urea groups is 1. The van der Waals surface area contributed by atoms with Gasteiger partial charge in [-0.3, -0.25) is 10.1 Å². The van der Waals surface area contributed by atoms with Crippen molar-refractivity contribution >= 4 is 40.8 Å². The van der Waals surface area contributed by atoms with Crippen LogP contribution in [0.4, 0.5) is 10.5 Å². The van der Waals surface area contributed by atoms with Crippen molar-refractivity contribution in [1.29, 1.82) is 0 Å². The molecule has 0 saturated carbocycles. The van der Waals surface area contributed by atoms with Crippen molar-refractivity contribution in [3.05, 3.63) is 27.7 Å². The Hall–Kier alpha value is -1.46. The first-order valence-electron chi connectivity index (χ1n) is 5.60. The number of hydrogen-bond acceptors (Lipinski definition) is 3. The van der Waals surface area contributed by atoms with Crippen LogP contribution in [0.25, 0.3) is 0 Å². The van der Waals surface area contributed by atoms with Gasteiger partial charge in [0.2, 0.25) is 5.91 Å². The molecule has 1 aromatic carbocycles. The average molecular weight is 304 g/mol. The summed E-state index contributed by atoms with van der Waals surface area (Å²) in [5, 5.41) is 8.37. The molecule has 0 fully saturated rings. The smallest absolute Gasteiger partial charge is 0.321 e. The summed E-state index contributed by atoms with van der Waals surface area (Å²) in [5.74, 6) is -0.466. The van der Waals surface area contributed by atoms with Gasteiger partial charge in [0, 0.05) is 12.1 Å². The van der Waals surface area contributed by atoms with Crippen LogP contribution >= 0.6 is 23.2 Å². The number of nitrogens with one attached hydrogen (secondary N) is 3. The van der Waals surface area contributed by atoms with E-state index in [1.807, 2.05) is 6.92 Å². The van der Waals surface area contributed by atoms with Gasteiger partial charge in [-0.1, -0.05) is 23.2 Å². The van der Waals surface area contributed by atoms with Gasteiger partial charge in [0.1, 0.15) is 6.04 Å². The minimum absolute atomic E-state index is 0.460. The SMILES string of the molecule is CNC(=O)NC(=O)C(C)Nc1cc(Cl)c(C)cc1Cl. The Morgan fingerprint density at radius 2 is 1.84 bits per heavy atom. The monoisotopic (exact) mass is 303 g/mol. The van der Waals surface area contributed by atoms with Crippen LogP contribution in [0.3, 0.4) is 0 Å². The zero-order valence-electron chi connectivity index (χ0n) is 10.8. The highest BCUT2D eigenvalue weighted by molar-refractivity contribution is 6.35. The normalized spacial score (nSPS) is 11.6. The second-order valence-corrected chi connectivity index (χ2v) is 4.83. The maximum Gasteiger partial charge on any atom is 0.321 e. The molecule has 1 rings (SSSR count). The number of hydrogen-bond donors (Lipinski definition) is 3. The molecule has 0 aromatic heterocycles. The number of rotatable bonds is 3. The van der Waals surface area contributed by atoms with Crippen LogP contribution in [-0.4, -0.2) is 25.0 Å². The van der Waals surface area contributed by atoms with E-state index in [4.69, 9.17) is 23.2 Å². The molecule has 0 saturated heterocycles. The van der Waals surface area contributed by atoms with E-state index in [1.165, 1.54) is 7.05 Å². The van der Waals surface area contributed by atoms with Gasteiger partial charge in [-0.2, -0.15) is 0 Å². The molecule has 1 aromatic rings. The number of carbonyl (C=O) groups excluding carboxylic acids is 2. The summed E-state index contributed by atoms with van der Waals surface area (Å²) in [5.41, 5.74) is 1.39. The molecule has 0 aliphatic heterocycles. The Kier molecular flexibility index (Phi) is 5.44. The van der Waals surface area contributed by atoms with Crippen molar-refractivity contribution < 1.29 is 9.59 Å². The Labute approximate surface area is 121 Å².